The van der Waals surface area contributed by atoms with Gasteiger partial charge in [0.15, 0.2) is 11.5 Å². The van der Waals surface area contributed by atoms with Gasteiger partial charge in [-0.2, -0.15) is 0 Å². The first-order valence-electron chi connectivity index (χ1n) is 11.0. The fraction of sp³-hybridized carbons (Fsp3) is 0.708. The predicted octanol–water partition coefficient (Wildman–Crippen LogP) is 4.37. The molecule has 4 saturated carbocycles. The molecule has 0 heterocycles. The molecule has 0 radical (unpaired) electrons. The van der Waals surface area contributed by atoms with Gasteiger partial charge in [0.05, 0.1) is 21.3 Å². The van der Waals surface area contributed by atoms with Crippen LogP contribution in [0.25, 0.3) is 0 Å². The molecule has 4 aliphatic rings. The lowest BCUT2D eigenvalue weighted by Gasteiger charge is -2.59. The summed E-state index contributed by atoms with van der Waals surface area (Å²) in [5.41, 5.74) is 1.36. The molecule has 4 fully saturated rings. The van der Waals surface area contributed by atoms with Crippen LogP contribution in [0.4, 0.5) is 0 Å². The Bertz CT molecular complexity index is 699. The minimum atomic E-state index is 0.141. The van der Waals surface area contributed by atoms with Gasteiger partial charge in [-0.1, -0.05) is 0 Å². The average molecular weight is 402 g/mol. The zero-order chi connectivity index (χ0) is 20.6. The van der Waals surface area contributed by atoms with Crippen LogP contribution in [0.15, 0.2) is 12.1 Å². The summed E-state index contributed by atoms with van der Waals surface area (Å²) in [6.45, 7) is 2.24. The summed E-state index contributed by atoms with van der Waals surface area (Å²) in [7, 11) is 4.82. The van der Waals surface area contributed by atoms with Gasteiger partial charge in [0, 0.05) is 12.5 Å². The molecular weight excluding hydrogens is 366 g/mol. The predicted molar refractivity (Wildman–Crippen MR) is 113 cm³/mol. The maximum atomic E-state index is 12.8. The van der Waals surface area contributed by atoms with Crippen molar-refractivity contribution in [1.82, 2.24) is 5.32 Å². The van der Waals surface area contributed by atoms with Crippen molar-refractivity contribution in [1.29, 1.82) is 0 Å². The second kappa shape index (κ2) is 8.08. The lowest BCUT2D eigenvalue weighted by atomic mass is 9.48. The number of nitrogens with one attached hydrogen (secondary N) is 1. The van der Waals surface area contributed by atoms with Gasteiger partial charge < -0.3 is 19.5 Å². The quantitative estimate of drug-likeness (QED) is 0.703. The number of rotatable bonds is 8. The van der Waals surface area contributed by atoms with E-state index in [9.17, 15) is 4.79 Å². The smallest absolute Gasteiger partial charge is 0.220 e. The second-order valence-electron chi connectivity index (χ2n) is 9.60. The highest BCUT2D eigenvalue weighted by Gasteiger charge is 2.53. The summed E-state index contributed by atoms with van der Waals surface area (Å²) < 4.78 is 16.2. The second-order valence-corrected chi connectivity index (χ2v) is 9.60. The zero-order valence-corrected chi connectivity index (χ0v) is 18.3. The number of methoxy groups -OCH3 is 3. The summed E-state index contributed by atoms with van der Waals surface area (Å²) in [4.78, 5) is 12.8. The van der Waals surface area contributed by atoms with Gasteiger partial charge in [-0.05, 0) is 92.7 Å². The van der Waals surface area contributed by atoms with Crippen LogP contribution >= 0.6 is 0 Å². The van der Waals surface area contributed by atoms with Crippen LogP contribution in [0.5, 0.6) is 17.2 Å². The van der Waals surface area contributed by atoms with Crippen molar-refractivity contribution in [2.24, 2.45) is 23.2 Å². The highest BCUT2D eigenvalue weighted by Crippen LogP contribution is 2.61. The largest absolute Gasteiger partial charge is 0.493 e. The van der Waals surface area contributed by atoms with E-state index < -0.39 is 0 Å². The third-order valence-electron chi connectivity index (χ3n) is 7.75. The minimum absolute atomic E-state index is 0.141. The summed E-state index contributed by atoms with van der Waals surface area (Å²) in [6.07, 6.45) is 9.35. The van der Waals surface area contributed by atoms with Crippen LogP contribution in [-0.2, 0) is 11.2 Å². The molecule has 4 bridgehead atoms. The summed E-state index contributed by atoms with van der Waals surface area (Å²) in [5.74, 6) is 4.69. The summed E-state index contributed by atoms with van der Waals surface area (Å²) in [6, 6.07) is 4.12. The van der Waals surface area contributed by atoms with Gasteiger partial charge in [-0.15, -0.1) is 0 Å². The molecule has 4 aliphatic carbocycles. The molecule has 160 valence electrons. The molecule has 1 atom stereocenters. The van der Waals surface area contributed by atoms with Crippen molar-refractivity contribution in [2.75, 3.05) is 21.3 Å². The van der Waals surface area contributed by atoms with E-state index in [4.69, 9.17) is 14.2 Å². The zero-order valence-electron chi connectivity index (χ0n) is 18.3. The highest BCUT2D eigenvalue weighted by molar-refractivity contribution is 5.76. The first-order valence-corrected chi connectivity index (χ1v) is 11.0. The Labute approximate surface area is 174 Å². The van der Waals surface area contributed by atoms with Crippen LogP contribution in [-0.4, -0.2) is 33.3 Å². The highest BCUT2D eigenvalue weighted by atomic mass is 16.5. The Kier molecular flexibility index (Phi) is 5.67. The van der Waals surface area contributed by atoms with E-state index in [1.54, 1.807) is 21.3 Å². The average Bonchev–Trinajstić information content (AvgIpc) is 2.70. The number of hydrogen-bond donors (Lipinski definition) is 1. The van der Waals surface area contributed by atoms with Crippen LogP contribution in [0.1, 0.15) is 57.4 Å². The molecule has 0 spiro atoms. The van der Waals surface area contributed by atoms with Crippen molar-refractivity contribution in [2.45, 2.75) is 64.3 Å². The van der Waals surface area contributed by atoms with E-state index in [1.165, 1.54) is 38.5 Å². The van der Waals surface area contributed by atoms with Crippen molar-refractivity contribution in [3.05, 3.63) is 17.7 Å². The molecular formula is C24H35NO4. The molecule has 1 aromatic rings. The Balaban J connectivity index is 1.37. The van der Waals surface area contributed by atoms with Crippen molar-refractivity contribution in [3.8, 4) is 17.2 Å². The van der Waals surface area contributed by atoms with Crippen molar-refractivity contribution in [3.63, 3.8) is 0 Å². The first-order chi connectivity index (χ1) is 14.0. The standard InChI is InChI=1S/C24H35NO4/c1-15(24-12-17-7-18(13-24)9-19(8-17)14-24)25-22(26)6-5-16-10-20(27-2)23(29-4)21(11-16)28-3/h10-11,15,17-19H,5-9,12-14H2,1-4H3,(H,25,26)/t15-,17?,18?,19?,24?/m1/s1. The molecule has 1 aromatic carbocycles. The van der Waals surface area contributed by atoms with Crippen LogP contribution < -0.4 is 19.5 Å². The Hall–Kier alpha value is -1.91. The van der Waals surface area contributed by atoms with Crippen LogP contribution in [0.2, 0.25) is 0 Å². The van der Waals surface area contributed by atoms with Crippen molar-refractivity contribution < 1.29 is 19.0 Å². The summed E-state index contributed by atoms with van der Waals surface area (Å²) in [5, 5.41) is 3.36. The van der Waals surface area contributed by atoms with Crippen molar-refractivity contribution >= 4 is 5.91 Å². The summed E-state index contributed by atoms with van der Waals surface area (Å²) >= 11 is 0. The number of benzene rings is 1. The van der Waals surface area contributed by atoms with E-state index in [0.29, 0.717) is 35.5 Å². The van der Waals surface area contributed by atoms with Gasteiger partial charge in [-0.3, -0.25) is 4.79 Å². The number of amides is 1. The van der Waals surface area contributed by atoms with Crippen LogP contribution in [0.3, 0.4) is 0 Å². The number of carbonyl (C=O) groups is 1. The lowest BCUT2D eigenvalue weighted by molar-refractivity contribution is -0.125. The van der Waals surface area contributed by atoms with E-state index in [1.807, 2.05) is 12.1 Å². The minimum Gasteiger partial charge on any atom is -0.493 e. The number of ether oxygens (including phenoxy) is 3. The number of aryl methyl sites for hydroxylation is 1. The monoisotopic (exact) mass is 401 g/mol. The maximum absolute atomic E-state index is 12.8. The normalized spacial score (nSPS) is 30.7. The molecule has 0 saturated heterocycles. The van der Waals surface area contributed by atoms with Gasteiger partial charge in [0.25, 0.3) is 0 Å². The maximum Gasteiger partial charge on any atom is 0.220 e. The topological polar surface area (TPSA) is 56.8 Å². The Morgan fingerprint density at radius 1 is 1.00 bits per heavy atom. The number of hydrogen-bond acceptors (Lipinski definition) is 4. The third kappa shape index (κ3) is 3.93. The molecule has 5 rings (SSSR count). The van der Waals surface area contributed by atoms with Gasteiger partial charge >= 0.3 is 0 Å². The molecule has 5 nitrogen and oxygen atoms in total. The first kappa shape index (κ1) is 20.4. The molecule has 0 aromatic heterocycles. The Morgan fingerprint density at radius 3 is 1.97 bits per heavy atom. The molecule has 0 unspecified atom stereocenters. The molecule has 29 heavy (non-hydrogen) atoms. The van der Waals surface area contributed by atoms with Gasteiger partial charge in [0.1, 0.15) is 0 Å². The van der Waals surface area contributed by atoms with E-state index in [-0.39, 0.29) is 11.9 Å². The number of carbonyl (C=O) groups excluding carboxylic acids is 1. The SMILES string of the molecule is COc1cc(CCC(=O)N[C@H](C)C23CC4CC(CC(C4)C2)C3)cc(OC)c1OC. The fourth-order valence-electron chi connectivity index (χ4n) is 6.71. The Morgan fingerprint density at radius 2 is 1.52 bits per heavy atom. The fourth-order valence-corrected chi connectivity index (χ4v) is 6.71. The van der Waals surface area contributed by atoms with Gasteiger partial charge in [0.2, 0.25) is 11.7 Å². The molecule has 1 N–H and O–H groups in total. The lowest BCUT2D eigenvalue weighted by Crippen LogP contribution is -2.55. The molecule has 0 aliphatic heterocycles. The molecule has 5 heteroatoms. The van der Waals surface area contributed by atoms with Crippen LogP contribution in [0, 0.1) is 23.2 Å². The van der Waals surface area contributed by atoms with E-state index in [0.717, 1.165) is 23.3 Å². The molecule has 1 amide bonds. The third-order valence-corrected chi connectivity index (χ3v) is 7.75. The van der Waals surface area contributed by atoms with E-state index in [2.05, 4.69) is 12.2 Å². The van der Waals surface area contributed by atoms with Gasteiger partial charge in [-0.25, -0.2) is 0 Å². The van der Waals surface area contributed by atoms with E-state index >= 15 is 0 Å².